The van der Waals surface area contributed by atoms with Gasteiger partial charge in [-0.05, 0) is 25.4 Å². The van der Waals surface area contributed by atoms with E-state index in [2.05, 4.69) is 21.3 Å². The van der Waals surface area contributed by atoms with Crippen LogP contribution in [0.5, 0.6) is 0 Å². The van der Waals surface area contributed by atoms with Crippen molar-refractivity contribution in [3.63, 3.8) is 0 Å². The van der Waals surface area contributed by atoms with E-state index in [4.69, 9.17) is 0 Å². The highest BCUT2D eigenvalue weighted by molar-refractivity contribution is 5.74. The summed E-state index contributed by atoms with van der Waals surface area (Å²) in [6.07, 6.45) is 1.17. The van der Waals surface area contributed by atoms with Crippen molar-refractivity contribution in [3.8, 4) is 0 Å². The van der Waals surface area contributed by atoms with Crippen LogP contribution >= 0.6 is 0 Å². The molecule has 0 saturated carbocycles. The van der Waals surface area contributed by atoms with Crippen LogP contribution in [-0.2, 0) is 0 Å². The van der Waals surface area contributed by atoms with E-state index in [1.54, 1.807) is 0 Å². The fourth-order valence-electron chi connectivity index (χ4n) is 1.75. The minimum atomic E-state index is -0.0246. The fraction of sp³-hybridized carbons (Fsp3) is 0.889. The molecule has 4 N–H and O–H groups in total. The van der Waals surface area contributed by atoms with E-state index in [1.165, 1.54) is 6.42 Å². The predicted molar refractivity (Wildman–Crippen MR) is 54.2 cm³/mol. The lowest BCUT2D eigenvalue weighted by Gasteiger charge is -2.28. The Hall–Kier alpha value is -0.810. The van der Waals surface area contributed by atoms with Gasteiger partial charge in [0.25, 0.3) is 0 Å². The monoisotopic (exact) mass is 198 g/mol. The van der Waals surface area contributed by atoms with Gasteiger partial charge in [0.2, 0.25) is 0 Å². The number of hydrogen-bond donors (Lipinski definition) is 4. The Morgan fingerprint density at radius 1 is 1.29 bits per heavy atom. The second kappa shape index (κ2) is 4.61. The molecule has 0 aromatic heterocycles. The van der Waals surface area contributed by atoms with Crippen LogP contribution < -0.4 is 21.3 Å². The lowest BCUT2D eigenvalue weighted by Crippen LogP contribution is -2.59. The number of urea groups is 1. The Balaban J connectivity index is 1.57. The molecular weight excluding hydrogens is 180 g/mol. The average molecular weight is 198 g/mol. The molecule has 1 atom stereocenters. The summed E-state index contributed by atoms with van der Waals surface area (Å²) in [6.45, 7) is 4.71. The summed E-state index contributed by atoms with van der Waals surface area (Å²) in [5, 5.41) is 12.2. The molecular formula is C9H18N4O. The van der Waals surface area contributed by atoms with Gasteiger partial charge in [-0.2, -0.15) is 0 Å². The first kappa shape index (κ1) is 9.73. The van der Waals surface area contributed by atoms with Crippen LogP contribution in [0.15, 0.2) is 0 Å². The van der Waals surface area contributed by atoms with Crippen LogP contribution in [0.4, 0.5) is 4.79 Å². The van der Waals surface area contributed by atoms with Gasteiger partial charge in [-0.25, -0.2) is 4.79 Å². The normalized spacial score (nSPS) is 27.0. The summed E-state index contributed by atoms with van der Waals surface area (Å²) < 4.78 is 0. The molecule has 14 heavy (non-hydrogen) atoms. The highest BCUT2D eigenvalue weighted by atomic mass is 16.2. The molecule has 1 unspecified atom stereocenters. The number of carbonyl (C=O) groups excluding carboxylic acids is 1. The molecule has 2 saturated heterocycles. The standard InChI is InChI=1S/C9H18N4O/c14-9(13-8-5-11-6-8)12-4-7-1-2-10-3-7/h7-8,10-11H,1-6H2,(H2,12,13,14). The Morgan fingerprint density at radius 3 is 2.71 bits per heavy atom. The van der Waals surface area contributed by atoms with Gasteiger partial charge < -0.3 is 21.3 Å². The largest absolute Gasteiger partial charge is 0.338 e. The minimum Gasteiger partial charge on any atom is -0.338 e. The van der Waals surface area contributed by atoms with E-state index < -0.39 is 0 Å². The smallest absolute Gasteiger partial charge is 0.315 e. The van der Waals surface area contributed by atoms with E-state index in [9.17, 15) is 4.79 Å². The van der Waals surface area contributed by atoms with Gasteiger partial charge in [0, 0.05) is 19.6 Å². The molecule has 80 valence electrons. The van der Waals surface area contributed by atoms with Crippen LogP contribution in [-0.4, -0.2) is 44.8 Å². The maximum Gasteiger partial charge on any atom is 0.315 e. The summed E-state index contributed by atoms with van der Waals surface area (Å²) in [6, 6.07) is 0.306. The molecule has 5 heteroatoms. The van der Waals surface area contributed by atoms with Crippen molar-refractivity contribution < 1.29 is 4.79 Å². The zero-order valence-corrected chi connectivity index (χ0v) is 8.31. The molecule has 0 spiro atoms. The number of amides is 2. The number of hydrogen-bond acceptors (Lipinski definition) is 3. The summed E-state index contributed by atoms with van der Waals surface area (Å²) in [5.74, 6) is 0.611. The SMILES string of the molecule is O=C(NCC1CCNC1)NC1CNC1. The van der Waals surface area contributed by atoms with Crippen LogP contribution in [0.3, 0.4) is 0 Å². The first-order valence-corrected chi connectivity index (χ1v) is 5.30. The highest BCUT2D eigenvalue weighted by Crippen LogP contribution is 2.04. The molecule has 2 aliphatic rings. The molecule has 0 aromatic carbocycles. The van der Waals surface area contributed by atoms with Crippen LogP contribution in [0.2, 0.25) is 0 Å². The van der Waals surface area contributed by atoms with Crippen molar-refractivity contribution in [3.05, 3.63) is 0 Å². The maximum atomic E-state index is 11.3. The van der Waals surface area contributed by atoms with Crippen molar-refractivity contribution in [2.45, 2.75) is 12.5 Å². The summed E-state index contributed by atoms with van der Waals surface area (Å²) >= 11 is 0. The lowest BCUT2D eigenvalue weighted by atomic mass is 10.1. The van der Waals surface area contributed by atoms with Crippen molar-refractivity contribution in [1.29, 1.82) is 0 Å². The average Bonchev–Trinajstić information content (AvgIpc) is 2.60. The van der Waals surface area contributed by atoms with Crippen molar-refractivity contribution in [2.24, 2.45) is 5.92 Å². The van der Waals surface area contributed by atoms with E-state index >= 15 is 0 Å². The Kier molecular flexibility index (Phi) is 3.21. The quantitative estimate of drug-likeness (QED) is 0.464. The first-order valence-electron chi connectivity index (χ1n) is 5.30. The van der Waals surface area contributed by atoms with Gasteiger partial charge in [0.05, 0.1) is 6.04 Å². The minimum absolute atomic E-state index is 0.0246. The second-order valence-electron chi connectivity index (χ2n) is 4.07. The van der Waals surface area contributed by atoms with Crippen molar-refractivity contribution in [1.82, 2.24) is 21.3 Å². The van der Waals surface area contributed by atoms with E-state index in [1.807, 2.05) is 0 Å². The maximum absolute atomic E-state index is 11.3. The van der Waals surface area contributed by atoms with Crippen molar-refractivity contribution in [2.75, 3.05) is 32.7 Å². The Bertz CT molecular complexity index is 199. The molecule has 2 fully saturated rings. The van der Waals surface area contributed by atoms with E-state index in [0.717, 1.165) is 32.7 Å². The summed E-state index contributed by atoms with van der Waals surface area (Å²) in [5.41, 5.74) is 0. The van der Waals surface area contributed by atoms with Crippen LogP contribution in [0, 0.1) is 5.92 Å². The van der Waals surface area contributed by atoms with Crippen LogP contribution in [0.1, 0.15) is 6.42 Å². The van der Waals surface area contributed by atoms with Gasteiger partial charge in [0.15, 0.2) is 0 Å². The Labute approximate surface area is 84.0 Å². The number of carbonyl (C=O) groups is 1. The summed E-state index contributed by atoms with van der Waals surface area (Å²) in [4.78, 5) is 11.3. The molecule has 2 amide bonds. The first-order chi connectivity index (χ1) is 6.84. The molecule has 0 aromatic rings. The number of nitrogens with one attached hydrogen (secondary N) is 4. The molecule has 5 nitrogen and oxygen atoms in total. The fourth-order valence-corrected chi connectivity index (χ4v) is 1.75. The number of rotatable bonds is 3. The zero-order chi connectivity index (χ0) is 9.80. The highest BCUT2D eigenvalue weighted by Gasteiger charge is 2.19. The Morgan fingerprint density at radius 2 is 2.14 bits per heavy atom. The zero-order valence-electron chi connectivity index (χ0n) is 8.31. The van der Waals surface area contributed by atoms with E-state index in [-0.39, 0.29) is 6.03 Å². The topological polar surface area (TPSA) is 65.2 Å². The molecule has 2 heterocycles. The molecule has 0 bridgehead atoms. The van der Waals surface area contributed by atoms with E-state index in [0.29, 0.717) is 12.0 Å². The van der Waals surface area contributed by atoms with Gasteiger partial charge in [0.1, 0.15) is 0 Å². The second-order valence-corrected chi connectivity index (χ2v) is 4.07. The van der Waals surface area contributed by atoms with Gasteiger partial charge in [-0.3, -0.25) is 0 Å². The molecule has 2 aliphatic heterocycles. The van der Waals surface area contributed by atoms with Gasteiger partial charge in [-0.1, -0.05) is 0 Å². The molecule has 2 rings (SSSR count). The third kappa shape index (κ3) is 2.59. The third-order valence-electron chi connectivity index (χ3n) is 2.83. The summed E-state index contributed by atoms with van der Waals surface area (Å²) in [7, 11) is 0. The lowest BCUT2D eigenvalue weighted by molar-refractivity contribution is 0.229. The van der Waals surface area contributed by atoms with Gasteiger partial charge >= 0.3 is 6.03 Å². The third-order valence-corrected chi connectivity index (χ3v) is 2.83. The molecule has 0 aliphatic carbocycles. The van der Waals surface area contributed by atoms with Crippen molar-refractivity contribution >= 4 is 6.03 Å². The molecule has 0 radical (unpaired) electrons. The van der Waals surface area contributed by atoms with Crippen LogP contribution in [0.25, 0.3) is 0 Å². The predicted octanol–water partition coefficient (Wildman–Crippen LogP) is -1.13. The van der Waals surface area contributed by atoms with Gasteiger partial charge in [-0.15, -0.1) is 0 Å².